The molecule has 1 aliphatic rings. The summed E-state index contributed by atoms with van der Waals surface area (Å²) in [6.07, 6.45) is 0.860. The molecule has 2 aromatic rings. The molecule has 0 bridgehead atoms. The summed E-state index contributed by atoms with van der Waals surface area (Å²) in [6, 6.07) is 0. The van der Waals surface area contributed by atoms with E-state index in [9.17, 15) is 0 Å². The Balaban J connectivity index is 2.16. The Hall–Kier alpha value is -1.11. The molecule has 0 saturated heterocycles. The third-order valence-electron chi connectivity index (χ3n) is 2.52. The molecule has 6 heteroatoms. The Morgan fingerprint density at radius 3 is 3.25 bits per heavy atom. The van der Waals surface area contributed by atoms with E-state index in [0.717, 1.165) is 35.8 Å². The summed E-state index contributed by atoms with van der Waals surface area (Å²) in [4.78, 5) is 11.9. The van der Waals surface area contributed by atoms with Crippen molar-refractivity contribution in [1.82, 2.24) is 15.0 Å². The number of H-pyrrole nitrogens is 1. The highest BCUT2D eigenvalue weighted by Gasteiger charge is 2.14. The van der Waals surface area contributed by atoms with E-state index >= 15 is 0 Å². The fourth-order valence-corrected chi connectivity index (χ4v) is 2.52. The lowest BCUT2D eigenvalue weighted by molar-refractivity contribution is 0.108. The topological polar surface area (TPSA) is 50.8 Å². The van der Waals surface area contributed by atoms with Gasteiger partial charge in [0.2, 0.25) is 0 Å². The van der Waals surface area contributed by atoms with E-state index in [2.05, 4.69) is 15.0 Å². The van der Waals surface area contributed by atoms with Crippen LogP contribution in [0.3, 0.4) is 0 Å². The predicted molar refractivity (Wildman–Crippen MR) is 63.9 cm³/mol. The summed E-state index contributed by atoms with van der Waals surface area (Å²) in [5.74, 6) is 0.756. The van der Waals surface area contributed by atoms with Crippen molar-refractivity contribution >= 4 is 23.6 Å². The first-order chi connectivity index (χ1) is 7.84. The molecule has 0 radical (unpaired) electrons. The minimum absolute atomic E-state index is 0.564. The summed E-state index contributed by atoms with van der Waals surface area (Å²) in [5, 5.41) is 1.96. The van der Waals surface area contributed by atoms with Crippen LogP contribution in [0, 0.1) is 4.64 Å². The Bertz CT molecular complexity index is 562. The number of nitrogens with zero attached hydrogens (tertiary/aromatic N) is 2. The van der Waals surface area contributed by atoms with Gasteiger partial charge >= 0.3 is 0 Å². The van der Waals surface area contributed by atoms with Gasteiger partial charge in [0.1, 0.15) is 10.3 Å². The van der Waals surface area contributed by atoms with Crippen LogP contribution in [0.2, 0.25) is 0 Å². The lowest BCUT2D eigenvalue weighted by Gasteiger charge is -2.16. The lowest BCUT2D eigenvalue weighted by atomic mass is 10.1. The van der Waals surface area contributed by atoms with E-state index in [1.54, 1.807) is 16.8 Å². The molecule has 0 aromatic carbocycles. The molecule has 0 saturated carbocycles. The number of nitrogens with one attached hydrogen (secondary N) is 1. The normalized spacial score (nSPS) is 14.8. The highest BCUT2D eigenvalue weighted by molar-refractivity contribution is 7.71. The van der Waals surface area contributed by atoms with Crippen LogP contribution in [0.5, 0.6) is 0 Å². The summed E-state index contributed by atoms with van der Waals surface area (Å²) in [6.45, 7) is 1.30. The zero-order valence-corrected chi connectivity index (χ0v) is 10.0. The quantitative estimate of drug-likeness (QED) is 0.790. The van der Waals surface area contributed by atoms with Gasteiger partial charge in [0, 0.05) is 23.1 Å². The molecule has 0 spiro atoms. The molecule has 0 atom stereocenters. The van der Waals surface area contributed by atoms with E-state index in [0.29, 0.717) is 11.2 Å². The summed E-state index contributed by atoms with van der Waals surface area (Å²) in [5.41, 5.74) is 4.79. The van der Waals surface area contributed by atoms with Crippen LogP contribution < -0.4 is 0 Å². The molecule has 2 aromatic heterocycles. The molecule has 0 unspecified atom stereocenters. The van der Waals surface area contributed by atoms with Crippen molar-refractivity contribution in [3.8, 4) is 11.5 Å². The maximum Gasteiger partial charge on any atom is 0.158 e. The average Bonchev–Trinajstić information content (AvgIpc) is 2.82. The van der Waals surface area contributed by atoms with Gasteiger partial charge < -0.3 is 9.72 Å². The van der Waals surface area contributed by atoms with Crippen LogP contribution in [0.1, 0.15) is 11.3 Å². The van der Waals surface area contributed by atoms with E-state index in [-0.39, 0.29) is 0 Å². The molecule has 1 N–H and O–H groups in total. The number of aromatic amines is 1. The van der Waals surface area contributed by atoms with E-state index in [1.165, 1.54) is 0 Å². The first kappa shape index (κ1) is 10.1. The van der Waals surface area contributed by atoms with Crippen LogP contribution in [0.4, 0.5) is 0 Å². The standard InChI is InChI=1S/C10H9N3OS2/c15-10-6-3-14-2-1-7(6)12-9(13-10)8-4-16-5-11-8/h4-5H,1-3H2,(H,12,13,15). The first-order valence-corrected chi connectivity index (χ1v) is 6.28. The largest absolute Gasteiger partial charge is 0.376 e. The van der Waals surface area contributed by atoms with Gasteiger partial charge in [-0.25, -0.2) is 9.97 Å². The molecular weight excluding hydrogens is 242 g/mol. The van der Waals surface area contributed by atoms with E-state index in [1.807, 2.05) is 5.38 Å². The van der Waals surface area contributed by atoms with Crippen molar-refractivity contribution in [3.05, 3.63) is 26.8 Å². The van der Waals surface area contributed by atoms with Gasteiger partial charge in [-0.2, -0.15) is 0 Å². The first-order valence-electron chi connectivity index (χ1n) is 4.93. The number of thiazole rings is 1. The van der Waals surface area contributed by atoms with E-state index < -0.39 is 0 Å². The second-order valence-corrected chi connectivity index (χ2v) is 4.63. The zero-order chi connectivity index (χ0) is 11.0. The fraction of sp³-hybridized carbons (Fsp3) is 0.300. The molecule has 4 nitrogen and oxygen atoms in total. The van der Waals surface area contributed by atoms with Crippen molar-refractivity contribution in [2.24, 2.45) is 0 Å². The van der Waals surface area contributed by atoms with Gasteiger partial charge in [-0.15, -0.1) is 11.3 Å². The molecule has 16 heavy (non-hydrogen) atoms. The van der Waals surface area contributed by atoms with Crippen molar-refractivity contribution in [2.75, 3.05) is 6.61 Å². The molecule has 1 aliphatic heterocycles. The van der Waals surface area contributed by atoms with Crippen molar-refractivity contribution in [2.45, 2.75) is 13.0 Å². The van der Waals surface area contributed by atoms with Crippen molar-refractivity contribution < 1.29 is 4.74 Å². The number of rotatable bonds is 1. The number of fused-ring (bicyclic) bond motifs is 1. The maximum atomic E-state index is 5.37. The highest BCUT2D eigenvalue weighted by Crippen LogP contribution is 2.20. The maximum absolute atomic E-state index is 5.37. The minimum Gasteiger partial charge on any atom is -0.376 e. The average molecular weight is 251 g/mol. The second-order valence-electron chi connectivity index (χ2n) is 3.52. The molecular formula is C10H9N3OS2. The van der Waals surface area contributed by atoms with Gasteiger partial charge in [0.25, 0.3) is 0 Å². The fourth-order valence-electron chi connectivity index (χ4n) is 1.71. The van der Waals surface area contributed by atoms with Gasteiger partial charge in [-0.05, 0) is 0 Å². The Morgan fingerprint density at radius 1 is 1.50 bits per heavy atom. The number of hydrogen-bond acceptors (Lipinski definition) is 5. The number of ether oxygens (including phenoxy) is 1. The second kappa shape index (κ2) is 4.04. The highest BCUT2D eigenvalue weighted by atomic mass is 32.1. The molecule has 0 amide bonds. The Morgan fingerprint density at radius 2 is 2.44 bits per heavy atom. The molecule has 3 rings (SSSR count). The van der Waals surface area contributed by atoms with Crippen molar-refractivity contribution in [3.63, 3.8) is 0 Å². The van der Waals surface area contributed by atoms with Crippen LogP contribution in [0.15, 0.2) is 10.9 Å². The van der Waals surface area contributed by atoms with Gasteiger partial charge in [0.05, 0.1) is 18.7 Å². The molecule has 82 valence electrons. The van der Waals surface area contributed by atoms with Crippen LogP contribution in [-0.2, 0) is 17.8 Å². The van der Waals surface area contributed by atoms with E-state index in [4.69, 9.17) is 17.0 Å². The summed E-state index contributed by atoms with van der Waals surface area (Å²) >= 11 is 6.81. The molecule has 0 aliphatic carbocycles. The zero-order valence-electron chi connectivity index (χ0n) is 8.40. The third kappa shape index (κ3) is 1.68. The molecule has 3 heterocycles. The smallest absolute Gasteiger partial charge is 0.158 e. The minimum atomic E-state index is 0.564. The Kier molecular flexibility index (Phi) is 2.55. The summed E-state index contributed by atoms with van der Waals surface area (Å²) < 4.78 is 5.99. The lowest BCUT2D eigenvalue weighted by Crippen LogP contribution is -2.14. The van der Waals surface area contributed by atoms with Crippen LogP contribution in [0.25, 0.3) is 11.5 Å². The SMILES string of the molecule is S=c1nc(-c2cscn2)[nH]c2c1COCC2. The van der Waals surface area contributed by atoms with Crippen LogP contribution >= 0.6 is 23.6 Å². The number of aromatic nitrogens is 3. The number of hydrogen-bond donors (Lipinski definition) is 1. The predicted octanol–water partition coefficient (Wildman–Crippen LogP) is 2.34. The third-order valence-corrected chi connectivity index (χ3v) is 3.45. The van der Waals surface area contributed by atoms with Gasteiger partial charge in [0.15, 0.2) is 5.82 Å². The summed E-state index contributed by atoms with van der Waals surface area (Å²) in [7, 11) is 0. The van der Waals surface area contributed by atoms with Crippen molar-refractivity contribution in [1.29, 1.82) is 0 Å². The monoisotopic (exact) mass is 251 g/mol. The van der Waals surface area contributed by atoms with Gasteiger partial charge in [-0.1, -0.05) is 12.2 Å². The van der Waals surface area contributed by atoms with Gasteiger partial charge in [-0.3, -0.25) is 0 Å². The molecule has 0 fully saturated rings. The Labute approximate surface area is 101 Å². The van der Waals surface area contributed by atoms with Crippen LogP contribution in [-0.4, -0.2) is 21.6 Å².